The summed E-state index contributed by atoms with van der Waals surface area (Å²) in [5.41, 5.74) is 3.63. The average Bonchev–Trinajstić information content (AvgIpc) is 2.43. The van der Waals surface area contributed by atoms with Crippen LogP contribution in [-0.4, -0.2) is 30.3 Å². The van der Waals surface area contributed by atoms with Crippen LogP contribution in [0.25, 0.3) is 0 Å². The van der Waals surface area contributed by atoms with Gasteiger partial charge in [-0.15, -0.1) is 0 Å². The van der Waals surface area contributed by atoms with Crippen molar-refractivity contribution >= 4 is 17.8 Å². The Kier molecular flexibility index (Phi) is 6.04. The highest BCUT2D eigenvalue weighted by molar-refractivity contribution is 5.86. The minimum atomic E-state index is -0.483. The quantitative estimate of drug-likeness (QED) is 0.609. The fraction of sp³-hybridized carbons (Fsp3) is 0.357. The van der Waals surface area contributed by atoms with E-state index in [2.05, 4.69) is 15.4 Å². The summed E-state index contributed by atoms with van der Waals surface area (Å²) >= 11 is 0. The van der Waals surface area contributed by atoms with Gasteiger partial charge in [0.15, 0.2) is 0 Å². The summed E-state index contributed by atoms with van der Waals surface area (Å²) in [5.74, 6) is -0.393. The van der Waals surface area contributed by atoms with Crippen LogP contribution in [0.15, 0.2) is 23.3 Å². The van der Waals surface area contributed by atoms with E-state index in [-0.39, 0.29) is 12.2 Å². The summed E-state index contributed by atoms with van der Waals surface area (Å²) in [6, 6.07) is 6.98. The van der Waals surface area contributed by atoms with E-state index >= 15 is 0 Å². The lowest BCUT2D eigenvalue weighted by atomic mass is 10.2. The van der Waals surface area contributed by atoms with Crippen molar-refractivity contribution in [1.82, 2.24) is 5.43 Å². The second-order valence-electron chi connectivity index (χ2n) is 4.04. The van der Waals surface area contributed by atoms with E-state index in [1.807, 2.05) is 19.9 Å². The standard InChI is InChI=1S/C14H18N4O2/c1-3-18(4-2)12-6-5-11(13(19)9-12)10-16-17-14(20)7-8-15/h5-6,9-10,19H,3-4,7H2,1-2H3,(H,17,20). The molecule has 0 spiro atoms. The summed E-state index contributed by atoms with van der Waals surface area (Å²) < 4.78 is 0. The van der Waals surface area contributed by atoms with Crippen LogP contribution >= 0.6 is 0 Å². The molecular weight excluding hydrogens is 256 g/mol. The van der Waals surface area contributed by atoms with Crippen molar-refractivity contribution in [3.63, 3.8) is 0 Å². The lowest BCUT2D eigenvalue weighted by Crippen LogP contribution is -2.21. The molecule has 0 atom stereocenters. The second-order valence-corrected chi connectivity index (χ2v) is 4.04. The number of nitrogens with one attached hydrogen (secondary N) is 1. The number of nitriles is 1. The Morgan fingerprint density at radius 1 is 1.50 bits per heavy atom. The van der Waals surface area contributed by atoms with Gasteiger partial charge < -0.3 is 10.0 Å². The lowest BCUT2D eigenvalue weighted by Gasteiger charge is -2.21. The molecule has 0 radical (unpaired) electrons. The zero-order valence-corrected chi connectivity index (χ0v) is 11.6. The number of hydrogen-bond acceptors (Lipinski definition) is 5. The number of phenolic OH excluding ortho intramolecular Hbond substituents is 1. The van der Waals surface area contributed by atoms with E-state index in [0.717, 1.165) is 18.8 Å². The van der Waals surface area contributed by atoms with Crippen LogP contribution in [0, 0.1) is 11.3 Å². The Morgan fingerprint density at radius 3 is 2.75 bits per heavy atom. The van der Waals surface area contributed by atoms with Crippen LogP contribution in [0.3, 0.4) is 0 Å². The third-order valence-corrected chi connectivity index (χ3v) is 2.78. The summed E-state index contributed by atoms with van der Waals surface area (Å²) in [6.07, 6.45) is 1.10. The van der Waals surface area contributed by atoms with Crippen molar-refractivity contribution in [3.8, 4) is 11.8 Å². The van der Waals surface area contributed by atoms with Crippen LogP contribution in [-0.2, 0) is 4.79 Å². The predicted molar refractivity (Wildman–Crippen MR) is 77.6 cm³/mol. The van der Waals surface area contributed by atoms with Gasteiger partial charge in [-0.3, -0.25) is 4.79 Å². The van der Waals surface area contributed by atoms with Gasteiger partial charge in [-0.05, 0) is 26.0 Å². The first-order valence-corrected chi connectivity index (χ1v) is 6.39. The first kappa shape index (κ1) is 15.5. The fourth-order valence-corrected chi connectivity index (χ4v) is 1.71. The van der Waals surface area contributed by atoms with Gasteiger partial charge in [0.2, 0.25) is 0 Å². The molecule has 0 heterocycles. The Labute approximate surface area is 118 Å². The van der Waals surface area contributed by atoms with Gasteiger partial charge >= 0.3 is 0 Å². The zero-order valence-electron chi connectivity index (χ0n) is 11.6. The number of nitrogens with zero attached hydrogens (tertiary/aromatic N) is 3. The van der Waals surface area contributed by atoms with Crippen molar-refractivity contribution in [2.24, 2.45) is 5.10 Å². The Bertz CT molecular complexity index is 530. The SMILES string of the molecule is CCN(CC)c1ccc(C=NNC(=O)CC#N)c(O)c1. The van der Waals surface area contributed by atoms with E-state index in [1.54, 1.807) is 18.2 Å². The number of carbonyl (C=O) groups is 1. The van der Waals surface area contributed by atoms with Gasteiger partial charge in [0.1, 0.15) is 12.2 Å². The number of rotatable bonds is 6. The molecule has 1 amide bonds. The fourth-order valence-electron chi connectivity index (χ4n) is 1.71. The summed E-state index contributed by atoms with van der Waals surface area (Å²) in [4.78, 5) is 13.1. The second kappa shape index (κ2) is 7.79. The molecule has 1 aromatic rings. The Balaban J connectivity index is 2.76. The highest BCUT2D eigenvalue weighted by Crippen LogP contribution is 2.23. The molecule has 6 nitrogen and oxygen atoms in total. The maximum absolute atomic E-state index is 11.0. The zero-order chi connectivity index (χ0) is 15.0. The third-order valence-electron chi connectivity index (χ3n) is 2.78. The first-order chi connectivity index (χ1) is 9.62. The number of amides is 1. The highest BCUT2D eigenvalue weighted by Gasteiger charge is 2.05. The van der Waals surface area contributed by atoms with Crippen molar-refractivity contribution in [2.45, 2.75) is 20.3 Å². The molecule has 1 aromatic carbocycles. The molecule has 6 heteroatoms. The van der Waals surface area contributed by atoms with Crippen LogP contribution in [0.5, 0.6) is 5.75 Å². The number of phenols is 1. The predicted octanol–water partition coefficient (Wildman–Crippen LogP) is 1.60. The molecule has 0 aliphatic heterocycles. The molecule has 0 aliphatic carbocycles. The van der Waals surface area contributed by atoms with Gasteiger partial charge in [-0.1, -0.05) is 0 Å². The van der Waals surface area contributed by atoms with Crippen molar-refractivity contribution < 1.29 is 9.90 Å². The highest BCUT2D eigenvalue weighted by atomic mass is 16.3. The molecule has 1 rings (SSSR count). The summed E-state index contributed by atoms with van der Waals surface area (Å²) in [6.45, 7) is 5.79. The smallest absolute Gasteiger partial charge is 0.254 e. The monoisotopic (exact) mass is 274 g/mol. The van der Waals surface area contributed by atoms with Crippen molar-refractivity contribution in [2.75, 3.05) is 18.0 Å². The van der Waals surface area contributed by atoms with Gasteiger partial charge in [0, 0.05) is 30.4 Å². The summed E-state index contributed by atoms with van der Waals surface area (Å²) in [7, 11) is 0. The number of carbonyl (C=O) groups excluding carboxylic acids is 1. The average molecular weight is 274 g/mol. The van der Waals surface area contributed by atoms with E-state index in [1.165, 1.54) is 6.21 Å². The Morgan fingerprint density at radius 2 is 2.20 bits per heavy atom. The van der Waals surface area contributed by atoms with Crippen LogP contribution in [0.1, 0.15) is 25.8 Å². The lowest BCUT2D eigenvalue weighted by molar-refractivity contribution is -0.120. The van der Waals surface area contributed by atoms with E-state index < -0.39 is 5.91 Å². The normalized spacial score (nSPS) is 10.2. The Hall–Kier alpha value is -2.55. The van der Waals surface area contributed by atoms with Gasteiger partial charge in [-0.25, -0.2) is 5.43 Å². The van der Waals surface area contributed by atoms with Crippen LogP contribution in [0.4, 0.5) is 5.69 Å². The molecule has 0 aliphatic rings. The number of anilines is 1. The molecule has 0 bridgehead atoms. The molecule has 0 unspecified atom stereocenters. The van der Waals surface area contributed by atoms with E-state index in [4.69, 9.17) is 5.26 Å². The molecule has 0 saturated heterocycles. The van der Waals surface area contributed by atoms with Crippen molar-refractivity contribution in [1.29, 1.82) is 5.26 Å². The summed E-state index contributed by atoms with van der Waals surface area (Å²) in [5, 5.41) is 21.9. The third kappa shape index (κ3) is 4.28. The number of hydrazone groups is 1. The van der Waals surface area contributed by atoms with Gasteiger partial charge in [0.25, 0.3) is 5.91 Å². The number of benzene rings is 1. The topological polar surface area (TPSA) is 88.7 Å². The molecular formula is C14H18N4O2. The largest absolute Gasteiger partial charge is 0.507 e. The van der Waals surface area contributed by atoms with Crippen LogP contribution < -0.4 is 10.3 Å². The van der Waals surface area contributed by atoms with E-state index in [0.29, 0.717) is 5.56 Å². The molecule has 0 fully saturated rings. The molecule has 20 heavy (non-hydrogen) atoms. The molecule has 106 valence electrons. The van der Waals surface area contributed by atoms with E-state index in [9.17, 15) is 9.90 Å². The maximum Gasteiger partial charge on any atom is 0.254 e. The van der Waals surface area contributed by atoms with Gasteiger partial charge in [-0.2, -0.15) is 10.4 Å². The van der Waals surface area contributed by atoms with Crippen molar-refractivity contribution in [3.05, 3.63) is 23.8 Å². The molecule has 0 saturated carbocycles. The van der Waals surface area contributed by atoms with Crippen LogP contribution in [0.2, 0.25) is 0 Å². The molecule has 2 N–H and O–H groups in total. The number of aromatic hydroxyl groups is 1. The minimum absolute atomic E-state index is 0.0904. The maximum atomic E-state index is 11.0. The van der Waals surface area contributed by atoms with Gasteiger partial charge in [0.05, 0.1) is 12.3 Å². The minimum Gasteiger partial charge on any atom is -0.507 e. The number of hydrogen-bond donors (Lipinski definition) is 2. The molecule has 0 aromatic heterocycles. The first-order valence-electron chi connectivity index (χ1n) is 6.39.